The SMILES string of the molecule is CCC1CC1.Cc1c(F)ccc2c(C(C)(C)C)cccc12. The van der Waals surface area contributed by atoms with Crippen LogP contribution in [0.3, 0.4) is 0 Å². The molecule has 0 N–H and O–H groups in total. The summed E-state index contributed by atoms with van der Waals surface area (Å²) in [5, 5.41) is 2.18. The smallest absolute Gasteiger partial charge is 0.126 e. The first kappa shape index (κ1) is 16.0. The van der Waals surface area contributed by atoms with Crippen molar-refractivity contribution in [2.45, 2.75) is 59.3 Å². The van der Waals surface area contributed by atoms with Gasteiger partial charge in [-0.25, -0.2) is 4.39 Å². The molecule has 0 aliphatic heterocycles. The maximum atomic E-state index is 13.5. The Kier molecular flexibility index (Phi) is 4.70. The van der Waals surface area contributed by atoms with E-state index in [1.165, 1.54) is 24.8 Å². The van der Waals surface area contributed by atoms with Gasteiger partial charge in [-0.2, -0.15) is 0 Å². The van der Waals surface area contributed by atoms with Crippen LogP contribution in [0.5, 0.6) is 0 Å². The van der Waals surface area contributed by atoms with E-state index in [9.17, 15) is 4.39 Å². The summed E-state index contributed by atoms with van der Waals surface area (Å²) >= 11 is 0. The molecule has 0 saturated heterocycles. The number of benzene rings is 2. The molecule has 0 nitrogen and oxygen atoms in total. The summed E-state index contributed by atoms with van der Waals surface area (Å²) in [5.74, 6) is 1.01. The molecule has 3 rings (SSSR count). The van der Waals surface area contributed by atoms with Gasteiger partial charge in [0.25, 0.3) is 0 Å². The van der Waals surface area contributed by atoms with Gasteiger partial charge < -0.3 is 0 Å². The Balaban J connectivity index is 0.000000272. The average molecular weight is 286 g/mol. The van der Waals surface area contributed by atoms with Crippen LogP contribution >= 0.6 is 0 Å². The van der Waals surface area contributed by atoms with E-state index >= 15 is 0 Å². The van der Waals surface area contributed by atoms with Gasteiger partial charge in [-0.3, -0.25) is 0 Å². The lowest BCUT2D eigenvalue weighted by Crippen LogP contribution is -2.11. The van der Waals surface area contributed by atoms with Crippen LogP contribution in [0.25, 0.3) is 10.8 Å². The Morgan fingerprint density at radius 1 is 1.05 bits per heavy atom. The molecular formula is C20H27F. The van der Waals surface area contributed by atoms with Gasteiger partial charge in [-0.1, -0.05) is 71.2 Å². The Morgan fingerprint density at radius 2 is 1.71 bits per heavy atom. The van der Waals surface area contributed by atoms with Crippen LogP contribution in [0.2, 0.25) is 0 Å². The monoisotopic (exact) mass is 286 g/mol. The van der Waals surface area contributed by atoms with E-state index in [0.717, 1.165) is 22.3 Å². The zero-order valence-corrected chi connectivity index (χ0v) is 14.0. The molecule has 1 fully saturated rings. The molecule has 1 aliphatic rings. The summed E-state index contributed by atoms with van der Waals surface area (Å²) in [6.07, 6.45) is 4.44. The van der Waals surface area contributed by atoms with Crippen LogP contribution in [0.1, 0.15) is 58.1 Å². The van der Waals surface area contributed by atoms with E-state index in [4.69, 9.17) is 0 Å². The minimum Gasteiger partial charge on any atom is -0.207 e. The molecule has 0 aromatic heterocycles. The maximum absolute atomic E-state index is 13.5. The average Bonchev–Trinajstić information content (AvgIpc) is 3.26. The molecule has 1 saturated carbocycles. The molecule has 2 aromatic carbocycles. The predicted molar refractivity (Wildman–Crippen MR) is 90.4 cm³/mol. The second kappa shape index (κ2) is 6.17. The van der Waals surface area contributed by atoms with Crippen molar-refractivity contribution in [3.8, 4) is 0 Å². The summed E-state index contributed by atoms with van der Waals surface area (Å²) in [4.78, 5) is 0. The summed E-state index contributed by atoms with van der Waals surface area (Å²) in [7, 11) is 0. The van der Waals surface area contributed by atoms with Crippen molar-refractivity contribution in [2.24, 2.45) is 5.92 Å². The second-order valence-electron chi connectivity index (χ2n) is 7.17. The number of hydrogen-bond acceptors (Lipinski definition) is 0. The van der Waals surface area contributed by atoms with Crippen molar-refractivity contribution in [1.29, 1.82) is 0 Å². The molecule has 0 amide bonds. The number of aryl methyl sites for hydroxylation is 1. The Bertz CT molecular complexity index is 616. The molecule has 0 bridgehead atoms. The number of rotatable bonds is 1. The van der Waals surface area contributed by atoms with Crippen LogP contribution in [0, 0.1) is 18.7 Å². The van der Waals surface area contributed by atoms with E-state index in [0.29, 0.717) is 0 Å². The third kappa shape index (κ3) is 3.84. The van der Waals surface area contributed by atoms with Crippen LogP contribution in [-0.2, 0) is 5.41 Å². The third-order valence-electron chi connectivity index (χ3n) is 4.35. The second-order valence-corrected chi connectivity index (χ2v) is 7.17. The maximum Gasteiger partial charge on any atom is 0.126 e. The van der Waals surface area contributed by atoms with Crippen molar-refractivity contribution >= 4 is 10.8 Å². The molecule has 0 radical (unpaired) electrons. The van der Waals surface area contributed by atoms with Gasteiger partial charge in [-0.05, 0) is 46.2 Å². The van der Waals surface area contributed by atoms with Crippen LogP contribution < -0.4 is 0 Å². The van der Waals surface area contributed by atoms with Gasteiger partial charge in [0.1, 0.15) is 5.82 Å². The minimum absolute atomic E-state index is 0.0871. The highest BCUT2D eigenvalue weighted by atomic mass is 19.1. The van der Waals surface area contributed by atoms with Crippen molar-refractivity contribution < 1.29 is 4.39 Å². The normalized spacial score (nSPS) is 14.8. The first-order valence-electron chi connectivity index (χ1n) is 8.03. The van der Waals surface area contributed by atoms with E-state index in [1.54, 1.807) is 6.07 Å². The van der Waals surface area contributed by atoms with Crippen molar-refractivity contribution in [3.63, 3.8) is 0 Å². The van der Waals surface area contributed by atoms with Crippen molar-refractivity contribution in [1.82, 2.24) is 0 Å². The van der Waals surface area contributed by atoms with Gasteiger partial charge in [0.05, 0.1) is 0 Å². The zero-order chi connectivity index (χ0) is 15.6. The quantitative estimate of drug-likeness (QED) is 0.569. The molecule has 0 heterocycles. The standard InChI is InChI=1S/C15H17F.C5H10/c1-10-11-6-5-7-13(15(2,3)4)12(11)8-9-14(10)16;1-2-5-3-4-5/h5-9H,1-4H3;5H,2-4H2,1H3. The highest BCUT2D eigenvalue weighted by Gasteiger charge is 2.18. The van der Waals surface area contributed by atoms with Gasteiger partial charge in [0.2, 0.25) is 0 Å². The third-order valence-corrected chi connectivity index (χ3v) is 4.35. The lowest BCUT2D eigenvalue weighted by atomic mass is 9.83. The van der Waals surface area contributed by atoms with Crippen molar-refractivity contribution in [2.75, 3.05) is 0 Å². The molecule has 0 unspecified atom stereocenters. The Hall–Kier alpha value is -1.37. The minimum atomic E-state index is -0.126. The van der Waals surface area contributed by atoms with Gasteiger partial charge >= 0.3 is 0 Å². The van der Waals surface area contributed by atoms with E-state index in [-0.39, 0.29) is 11.2 Å². The fourth-order valence-corrected chi connectivity index (χ4v) is 2.66. The summed E-state index contributed by atoms with van der Waals surface area (Å²) in [5.41, 5.74) is 2.10. The summed E-state index contributed by atoms with van der Waals surface area (Å²) < 4.78 is 13.5. The van der Waals surface area contributed by atoms with Crippen LogP contribution in [0.15, 0.2) is 30.3 Å². The highest BCUT2D eigenvalue weighted by molar-refractivity contribution is 5.89. The van der Waals surface area contributed by atoms with Crippen LogP contribution in [-0.4, -0.2) is 0 Å². The summed E-state index contributed by atoms with van der Waals surface area (Å²) in [6.45, 7) is 10.6. The molecule has 0 atom stereocenters. The fourth-order valence-electron chi connectivity index (χ4n) is 2.66. The molecule has 21 heavy (non-hydrogen) atoms. The molecular weight excluding hydrogens is 259 g/mol. The lowest BCUT2D eigenvalue weighted by molar-refractivity contribution is 0.595. The largest absolute Gasteiger partial charge is 0.207 e. The van der Waals surface area contributed by atoms with Crippen molar-refractivity contribution in [3.05, 3.63) is 47.3 Å². The van der Waals surface area contributed by atoms with E-state index in [2.05, 4.69) is 33.8 Å². The van der Waals surface area contributed by atoms with Gasteiger partial charge in [0, 0.05) is 0 Å². The topological polar surface area (TPSA) is 0 Å². The number of halogens is 1. The molecule has 0 spiro atoms. The molecule has 1 aliphatic carbocycles. The molecule has 114 valence electrons. The number of fused-ring (bicyclic) bond motifs is 1. The first-order chi connectivity index (χ1) is 9.84. The van der Waals surface area contributed by atoms with E-state index < -0.39 is 0 Å². The Labute approximate surface area is 128 Å². The van der Waals surface area contributed by atoms with Crippen LogP contribution in [0.4, 0.5) is 4.39 Å². The fraction of sp³-hybridized carbons (Fsp3) is 0.500. The van der Waals surface area contributed by atoms with E-state index in [1.807, 2.05) is 25.1 Å². The number of hydrogen-bond donors (Lipinski definition) is 0. The lowest BCUT2D eigenvalue weighted by Gasteiger charge is -2.21. The summed E-state index contributed by atoms with van der Waals surface area (Å²) in [6, 6.07) is 9.57. The highest BCUT2D eigenvalue weighted by Crippen LogP contribution is 2.32. The van der Waals surface area contributed by atoms with Gasteiger partial charge in [0.15, 0.2) is 0 Å². The molecule has 2 aromatic rings. The molecule has 1 heteroatoms. The van der Waals surface area contributed by atoms with Gasteiger partial charge in [-0.15, -0.1) is 0 Å². The predicted octanol–water partition coefficient (Wildman–Crippen LogP) is 6.39. The zero-order valence-electron chi connectivity index (χ0n) is 14.0. The Morgan fingerprint density at radius 3 is 2.19 bits per heavy atom. The first-order valence-corrected chi connectivity index (χ1v) is 8.03.